The Hall–Kier alpha value is -2.73. The minimum atomic E-state index is -0.492. The van der Waals surface area contributed by atoms with Gasteiger partial charge in [0.1, 0.15) is 0 Å². The highest BCUT2D eigenvalue weighted by molar-refractivity contribution is 5.93. The molecule has 0 spiro atoms. The number of aliphatic hydroxyl groups is 1. The second-order valence-corrected chi connectivity index (χ2v) is 9.68. The molecule has 0 aromatic rings. The van der Waals surface area contributed by atoms with Crippen LogP contribution >= 0.6 is 0 Å². The molecule has 6 heteroatoms. The molecule has 0 unspecified atom stereocenters. The van der Waals surface area contributed by atoms with Gasteiger partial charge in [-0.3, -0.25) is 9.59 Å². The summed E-state index contributed by atoms with van der Waals surface area (Å²) in [6, 6.07) is 0. The van der Waals surface area contributed by atoms with Crippen molar-refractivity contribution in [3.05, 3.63) is 58.7 Å². The van der Waals surface area contributed by atoms with Crippen LogP contribution < -0.4 is 0 Å². The van der Waals surface area contributed by atoms with Crippen LogP contribution in [0.3, 0.4) is 0 Å². The smallest absolute Gasteiger partial charge is 0.330 e. The molecule has 1 saturated carbocycles. The van der Waals surface area contributed by atoms with Gasteiger partial charge in [-0.1, -0.05) is 54.9 Å². The first-order valence-corrected chi connectivity index (χ1v) is 11.8. The summed E-state index contributed by atoms with van der Waals surface area (Å²) in [5, 5.41) is 10.9. The Morgan fingerprint density at radius 2 is 1.79 bits per heavy atom. The Kier molecular flexibility index (Phi) is 9.80. The van der Waals surface area contributed by atoms with Crippen LogP contribution in [0.25, 0.3) is 0 Å². The number of esters is 2. The van der Waals surface area contributed by atoms with Crippen molar-refractivity contribution in [2.75, 3.05) is 13.7 Å². The zero-order valence-corrected chi connectivity index (χ0v) is 21.3. The predicted molar refractivity (Wildman–Crippen MR) is 132 cm³/mol. The Bertz CT molecular complexity index is 948. The van der Waals surface area contributed by atoms with Crippen molar-refractivity contribution < 1.29 is 29.0 Å². The number of methoxy groups -OCH3 is 1. The zero-order valence-electron chi connectivity index (χ0n) is 21.3. The average molecular weight is 471 g/mol. The van der Waals surface area contributed by atoms with Crippen LogP contribution in [0.2, 0.25) is 0 Å². The van der Waals surface area contributed by atoms with E-state index in [9.17, 15) is 19.5 Å². The lowest BCUT2D eigenvalue weighted by molar-refractivity contribution is -0.144. The molecule has 0 radical (unpaired) electrons. The van der Waals surface area contributed by atoms with E-state index < -0.39 is 18.0 Å². The van der Waals surface area contributed by atoms with Crippen LogP contribution in [0.4, 0.5) is 0 Å². The number of aliphatic hydroxyl groups excluding tert-OH is 1. The molecule has 2 aliphatic rings. The SMILES string of the molecule is COC(=O)/C=C/C(C)=C/C(C)=C/[C@@H]1/C(=C/C(=O)COC(C)=O)C(C)=C[C@H]2C[C@H](C)[C@@H](O)[C@H](C)[C@@H]12. The number of hydrogen-bond donors (Lipinski definition) is 1. The van der Waals surface area contributed by atoms with Gasteiger partial charge >= 0.3 is 11.9 Å². The summed E-state index contributed by atoms with van der Waals surface area (Å²) in [7, 11) is 1.34. The molecule has 0 bridgehead atoms. The molecule has 0 heterocycles. The lowest BCUT2D eigenvalue weighted by Gasteiger charge is -2.48. The van der Waals surface area contributed by atoms with Crippen LogP contribution in [0.15, 0.2) is 58.7 Å². The molecule has 0 aromatic carbocycles. The Labute approximate surface area is 203 Å². The summed E-state index contributed by atoms with van der Waals surface area (Å²) in [6.45, 7) is 11.1. The van der Waals surface area contributed by atoms with Gasteiger partial charge in [0.2, 0.25) is 0 Å². The molecule has 34 heavy (non-hydrogen) atoms. The molecule has 0 amide bonds. The number of rotatable bonds is 7. The van der Waals surface area contributed by atoms with Crippen LogP contribution in [0, 0.1) is 29.6 Å². The highest BCUT2D eigenvalue weighted by Gasteiger charge is 2.45. The molecule has 0 aromatic heterocycles. The summed E-state index contributed by atoms with van der Waals surface area (Å²) >= 11 is 0. The number of carbonyl (C=O) groups excluding carboxylic acids is 3. The second-order valence-electron chi connectivity index (χ2n) is 9.68. The molecule has 1 N–H and O–H groups in total. The Morgan fingerprint density at radius 1 is 1.12 bits per heavy atom. The normalized spacial score (nSPS) is 31.2. The lowest BCUT2D eigenvalue weighted by atomic mass is 9.57. The quantitative estimate of drug-likeness (QED) is 0.334. The van der Waals surface area contributed by atoms with E-state index in [0.29, 0.717) is 5.92 Å². The minimum absolute atomic E-state index is 0.0448. The van der Waals surface area contributed by atoms with Crippen molar-refractivity contribution in [3.8, 4) is 0 Å². The maximum absolute atomic E-state index is 12.6. The summed E-state index contributed by atoms with van der Waals surface area (Å²) in [5.74, 6) is -0.574. The molecule has 2 aliphatic carbocycles. The van der Waals surface area contributed by atoms with Crippen molar-refractivity contribution >= 4 is 17.7 Å². The first kappa shape index (κ1) is 27.5. The standard InChI is InChI=1S/C28H38O6/c1-16(8-9-26(31)33-7)10-17(2)11-25-24(14-23(30)15-34-21(6)29)18(3)12-22-13-19(4)28(32)20(5)27(22)25/h8-12,14,19-20,22,25,27-28,32H,13,15H2,1-7H3/b9-8+,16-10+,17-11+,24-14+/t19-,20+,22-,25+,27+,28+/m0/s1. The van der Waals surface area contributed by atoms with Gasteiger partial charge in [-0.25, -0.2) is 4.79 Å². The molecule has 1 fully saturated rings. The van der Waals surface area contributed by atoms with E-state index in [1.807, 2.05) is 26.8 Å². The summed E-state index contributed by atoms with van der Waals surface area (Å²) in [6.07, 6.45) is 11.5. The molecule has 2 rings (SSSR count). The van der Waals surface area contributed by atoms with Crippen molar-refractivity contribution in [3.63, 3.8) is 0 Å². The average Bonchev–Trinajstić information content (AvgIpc) is 2.76. The molecular weight excluding hydrogens is 432 g/mol. The molecular formula is C28H38O6. The fourth-order valence-electron chi connectivity index (χ4n) is 5.33. The highest BCUT2D eigenvalue weighted by Crippen LogP contribution is 2.50. The zero-order chi connectivity index (χ0) is 25.6. The van der Waals surface area contributed by atoms with Gasteiger partial charge in [0.25, 0.3) is 0 Å². The van der Waals surface area contributed by atoms with E-state index in [1.54, 1.807) is 12.2 Å². The predicted octanol–water partition coefficient (Wildman–Crippen LogP) is 4.51. The third kappa shape index (κ3) is 7.13. The first-order chi connectivity index (χ1) is 15.9. The minimum Gasteiger partial charge on any atom is -0.466 e. The van der Waals surface area contributed by atoms with Gasteiger partial charge in [-0.15, -0.1) is 0 Å². The number of carbonyl (C=O) groups is 3. The van der Waals surface area contributed by atoms with E-state index in [4.69, 9.17) is 4.74 Å². The topological polar surface area (TPSA) is 89.9 Å². The van der Waals surface area contributed by atoms with Crippen molar-refractivity contribution in [1.29, 1.82) is 0 Å². The highest BCUT2D eigenvalue weighted by atomic mass is 16.5. The van der Waals surface area contributed by atoms with Gasteiger partial charge in [0.05, 0.1) is 13.2 Å². The molecule has 186 valence electrons. The lowest BCUT2D eigenvalue weighted by Crippen LogP contribution is -2.46. The fraction of sp³-hybridized carbons (Fsp3) is 0.536. The van der Waals surface area contributed by atoms with Crippen LogP contribution in [0.1, 0.15) is 48.0 Å². The van der Waals surface area contributed by atoms with Gasteiger partial charge in [0, 0.05) is 18.9 Å². The maximum atomic E-state index is 12.6. The number of ether oxygens (including phenoxy) is 2. The van der Waals surface area contributed by atoms with Gasteiger partial charge < -0.3 is 14.6 Å². The van der Waals surface area contributed by atoms with E-state index in [1.165, 1.54) is 20.1 Å². The number of hydrogen-bond acceptors (Lipinski definition) is 6. The van der Waals surface area contributed by atoms with Crippen molar-refractivity contribution in [2.45, 2.75) is 54.1 Å². The van der Waals surface area contributed by atoms with E-state index in [0.717, 1.165) is 28.7 Å². The van der Waals surface area contributed by atoms with Crippen LogP contribution in [-0.2, 0) is 23.9 Å². The van der Waals surface area contributed by atoms with Gasteiger partial charge in [0.15, 0.2) is 12.4 Å². The van der Waals surface area contributed by atoms with E-state index >= 15 is 0 Å². The third-order valence-electron chi connectivity index (χ3n) is 6.88. The molecule has 0 saturated heterocycles. The summed E-state index contributed by atoms with van der Waals surface area (Å²) < 4.78 is 9.55. The largest absolute Gasteiger partial charge is 0.466 e. The van der Waals surface area contributed by atoms with Crippen LogP contribution in [-0.4, -0.2) is 42.6 Å². The second kappa shape index (κ2) is 12.1. The summed E-state index contributed by atoms with van der Waals surface area (Å²) in [4.78, 5) is 35.1. The maximum Gasteiger partial charge on any atom is 0.330 e. The van der Waals surface area contributed by atoms with E-state index in [2.05, 4.69) is 30.7 Å². The van der Waals surface area contributed by atoms with Crippen molar-refractivity contribution in [2.24, 2.45) is 29.6 Å². The monoisotopic (exact) mass is 470 g/mol. The number of ketones is 1. The van der Waals surface area contributed by atoms with Gasteiger partial charge in [-0.05, 0) is 62.5 Å². The van der Waals surface area contributed by atoms with Crippen molar-refractivity contribution in [1.82, 2.24) is 0 Å². The number of fused-ring (bicyclic) bond motifs is 1. The third-order valence-corrected chi connectivity index (χ3v) is 6.88. The Morgan fingerprint density at radius 3 is 2.41 bits per heavy atom. The summed E-state index contributed by atoms with van der Waals surface area (Å²) in [5.41, 5.74) is 3.81. The fourth-order valence-corrected chi connectivity index (χ4v) is 5.33. The Balaban J connectivity index is 2.49. The molecule has 0 aliphatic heterocycles. The van der Waals surface area contributed by atoms with Gasteiger partial charge in [-0.2, -0.15) is 0 Å². The van der Waals surface area contributed by atoms with Crippen LogP contribution in [0.5, 0.6) is 0 Å². The van der Waals surface area contributed by atoms with E-state index in [-0.39, 0.29) is 36.1 Å². The first-order valence-electron chi connectivity index (χ1n) is 11.8. The molecule has 6 atom stereocenters. The number of allylic oxidation sites excluding steroid dienone is 8. The molecule has 6 nitrogen and oxygen atoms in total.